The molecule has 1 aromatic rings. The number of Topliss-reactive ketones (excluding diaryl/α,β-unsaturated/α-hetero) is 1. The smallest absolute Gasteiger partial charge is 0.306 e. The Balaban J connectivity index is 1.33. The Morgan fingerprint density at radius 3 is 2.38 bits per heavy atom. The number of carbonyl (C=O) groups excluding carboxylic acids is 2. The highest BCUT2D eigenvalue weighted by Gasteiger charge is 2.59. The van der Waals surface area contributed by atoms with E-state index in [9.17, 15) is 14.7 Å². The normalized spacial score (nSPS) is 42.3. The number of ether oxygens (including phenoxy) is 6. The van der Waals surface area contributed by atoms with Crippen LogP contribution in [0.15, 0.2) is 35.9 Å². The molecule has 0 radical (unpaired) electrons. The van der Waals surface area contributed by atoms with Crippen LogP contribution in [0.4, 0.5) is 5.69 Å². The predicted octanol–water partition coefficient (Wildman–Crippen LogP) is 5.63. The summed E-state index contributed by atoms with van der Waals surface area (Å²) < 4.78 is 36.5. The van der Waals surface area contributed by atoms with Gasteiger partial charge in [0.2, 0.25) is 0 Å². The number of carbonyl (C=O) groups is 2. The number of hydrogen-bond donors (Lipinski definition) is 2. The topological polar surface area (TPSA) is 122 Å². The standard InChI is InChI=1S/C40H59NO9/c1-8-25-15-10-9-13-22(3)35(43)31-19-28-27-17-26(50-40-39(47-7)38(46-6)37(45-5)23(4)48-40)18-30(27)36(44)34(33(28)29(31)20-32(42)49-25)41-24-14-11-12-21(2)16-24/h11-12,14,16,19,22-23,25-30,33-34,36-41,44H,8-10,13,15,17-18,20H2,1-7H3/t22-,23?,25+,26+,27+,28+,29-,30-,33-,34-,36-,37+,38?,39?,40+/m1/s1. The molecule has 2 saturated heterocycles. The number of fused-ring (bicyclic) bond motifs is 5. The zero-order valence-electron chi connectivity index (χ0n) is 30.9. The summed E-state index contributed by atoms with van der Waals surface area (Å²) in [5.74, 6) is -0.853. The molecule has 4 fully saturated rings. The van der Waals surface area contributed by atoms with E-state index in [1.807, 2.05) is 39.0 Å². The summed E-state index contributed by atoms with van der Waals surface area (Å²) in [5, 5.41) is 16.1. The lowest BCUT2D eigenvalue weighted by Gasteiger charge is -2.47. The molecule has 2 saturated carbocycles. The monoisotopic (exact) mass is 697 g/mol. The SMILES string of the molecule is CC[C@H]1CCCC[C@@H](C)C(=O)C2=C[C@H]3[C@@H]4C[C@H](O[C@@H]5OC(C)[C@H](OC)C(OC)C5OC)C[C@H]4[C@@H](O)[C@H](Nc4cccc(C)c4)[C@H]3[C@@H]2CC(=O)O1. The molecular weight excluding hydrogens is 638 g/mol. The molecule has 3 aliphatic carbocycles. The van der Waals surface area contributed by atoms with Crippen LogP contribution < -0.4 is 5.32 Å². The van der Waals surface area contributed by atoms with E-state index in [0.717, 1.165) is 48.9 Å². The Bertz CT molecular complexity index is 1370. The number of allylic oxidation sites excluding steroid dienone is 2. The molecule has 2 N–H and O–H groups in total. The summed E-state index contributed by atoms with van der Waals surface area (Å²) in [6, 6.07) is 7.77. The fourth-order valence-corrected chi connectivity index (χ4v) is 10.0. The van der Waals surface area contributed by atoms with Gasteiger partial charge >= 0.3 is 5.97 Å². The van der Waals surface area contributed by atoms with Gasteiger partial charge in [0.1, 0.15) is 24.4 Å². The highest BCUT2D eigenvalue weighted by atomic mass is 16.7. The van der Waals surface area contributed by atoms with E-state index in [-0.39, 0.29) is 90.2 Å². The average molecular weight is 698 g/mol. The van der Waals surface area contributed by atoms with Crippen LogP contribution in [-0.2, 0) is 38.0 Å². The van der Waals surface area contributed by atoms with Crippen LogP contribution in [0.2, 0.25) is 0 Å². The van der Waals surface area contributed by atoms with Gasteiger partial charge in [0.15, 0.2) is 12.1 Å². The Morgan fingerprint density at radius 1 is 0.960 bits per heavy atom. The van der Waals surface area contributed by atoms with Crippen LogP contribution in [0.1, 0.15) is 77.7 Å². The number of aliphatic hydroxyl groups is 1. The number of hydrogen-bond acceptors (Lipinski definition) is 10. The molecule has 0 spiro atoms. The molecule has 15 atom stereocenters. The van der Waals surface area contributed by atoms with Crippen molar-refractivity contribution < 1.29 is 43.1 Å². The Morgan fingerprint density at radius 2 is 1.68 bits per heavy atom. The van der Waals surface area contributed by atoms with Gasteiger partial charge in [-0.05, 0) is 99.3 Å². The van der Waals surface area contributed by atoms with Crippen molar-refractivity contribution in [2.75, 3.05) is 26.6 Å². The second-order valence-corrected chi connectivity index (χ2v) is 15.6. The number of cyclic esters (lactones) is 1. The molecule has 0 amide bonds. The molecule has 3 unspecified atom stereocenters. The molecule has 0 bridgehead atoms. The first-order valence-electron chi connectivity index (χ1n) is 18.9. The number of nitrogens with one attached hydrogen (secondary N) is 1. The van der Waals surface area contributed by atoms with Gasteiger partial charge in [-0.25, -0.2) is 0 Å². The Labute approximate surface area is 297 Å². The fourth-order valence-electron chi connectivity index (χ4n) is 10.0. The third-order valence-electron chi connectivity index (χ3n) is 12.5. The Hall–Kier alpha value is -2.34. The number of benzene rings is 1. The van der Waals surface area contributed by atoms with Gasteiger partial charge in [0.25, 0.3) is 0 Å². The summed E-state index contributed by atoms with van der Waals surface area (Å²) in [4.78, 5) is 27.9. The first kappa shape index (κ1) is 37.4. The number of methoxy groups -OCH3 is 3. The van der Waals surface area contributed by atoms with E-state index in [1.165, 1.54) is 0 Å². The summed E-state index contributed by atoms with van der Waals surface area (Å²) >= 11 is 0. The van der Waals surface area contributed by atoms with E-state index in [2.05, 4.69) is 24.4 Å². The maximum absolute atomic E-state index is 14.3. The van der Waals surface area contributed by atoms with E-state index < -0.39 is 18.5 Å². The average Bonchev–Trinajstić information content (AvgIpc) is 3.68. The van der Waals surface area contributed by atoms with Gasteiger partial charge in [-0.3, -0.25) is 9.59 Å². The van der Waals surface area contributed by atoms with Gasteiger partial charge in [0, 0.05) is 38.9 Å². The van der Waals surface area contributed by atoms with Crippen molar-refractivity contribution in [1.29, 1.82) is 0 Å². The predicted molar refractivity (Wildman–Crippen MR) is 188 cm³/mol. The third kappa shape index (κ3) is 7.44. The molecule has 6 rings (SSSR count). The first-order chi connectivity index (χ1) is 24.1. The number of aryl methyl sites for hydroxylation is 1. The lowest BCUT2D eigenvalue weighted by atomic mass is 9.62. The van der Waals surface area contributed by atoms with Crippen LogP contribution >= 0.6 is 0 Å². The summed E-state index contributed by atoms with van der Waals surface area (Å²) in [7, 11) is 4.91. The van der Waals surface area contributed by atoms with Crippen molar-refractivity contribution in [2.24, 2.45) is 35.5 Å². The van der Waals surface area contributed by atoms with Crippen molar-refractivity contribution in [2.45, 2.75) is 134 Å². The summed E-state index contributed by atoms with van der Waals surface area (Å²) in [5.41, 5.74) is 2.76. The minimum atomic E-state index is -0.731. The second kappa shape index (κ2) is 16.1. The van der Waals surface area contributed by atoms with Crippen LogP contribution in [0.5, 0.6) is 0 Å². The highest BCUT2D eigenvalue weighted by molar-refractivity contribution is 5.98. The molecule has 2 aliphatic heterocycles. The molecule has 0 aromatic heterocycles. The molecular formula is C40H59NO9. The number of aliphatic hydroxyl groups excluding tert-OH is 1. The van der Waals surface area contributed by atoms with Crippen LogP contribution in [-0.4, -0.2) is 93.2 Å². The van der Waals surface area contributed by atoms with Crippen molar-refractivity contribution in [3.63, 3.8) is 0 Å². The zero-order chi connectivity index (χ0) is 35.7. The van der Waals surface area contributed by atoms with Crippen LogP contribution in [0.25, 0.3) is 0 Å². The maximum atomic E-state index is 14.3. The quantitative estimate of drug-likeness (QED) is 0.331. The maximum Gasteiger partial charge on any atom is 0.306 e. The van der Waals surface area contributed by atoms with E-state index >= 15 is 0 Å². The molecule has 10 heteroatoms. The number of anilines is 1. The minimum absolute atomic E-state index is 0.0237. The van der Waals surface area contributed by atoms with Crippen LogP contribution in [0, 0.1) is 42.4 Å². The number of rotatable bonds is 8. The van der Waals surface area contributed by atoms with Crippen molar-refractivity contribution in [3.05, 3.63) is 41.5 Å². The summed E-state index contributed by atoms with van der Waals surface area (Å²) in [6.45, 7) is 8.09. The van der Waals surface area contributed by atoms with Gasteiger partial charge < -0.3 is 38.8 Å². The Kier molecular flexibility index (Phi) is 12.1. The first-order valence-corrected chi connectivity index (χ1v) is 18.9. The third-order valence-corrected chi connectivity index (χ3v) is 12.5. The number of esters is 1. The fraction of sp³-hybridized carbons (Fsp3) is 0.750. The molecule has 50 heavy (non-hydrogen) atoms. The lowest BCUT2D eigenvalue weighted by Crippen LogP contribution is -2.59. The van der Waals surface area contributed by atoms with Gasteiger partial charge in [0.05, 0.1) is 30.8 Å². The largest absolute Gasteiger partial charge is 0.462 e. The lowest BCUT2D eigenvalue weighted by molar-refractivity contribution is -0.314. The van der Waals surface area contributed by atoms with Crippen molar-refractivity contribution in [3.8, 4) is 0 Å². The van der Waals surface area contributed by atoms with Gasteiger partial charge in [-0.2, -0.15) is 0 Å². The van der Waals surface area contributed by atoms with Crippen LogP contribution in [0.3, 0.4) is 0 Å². The second-order valence-electron chi connectivity index (χ2n) is 15.6. The van der Waals surface area contributed by atoms with Gasteiger partial charge in [-0.15, -0.1) is 0 Å². The number of ketones is 1. The van der Waals surface area contributed by atoms with E-state index in [0.29, 0.717) is 12.8 Å². The molecule has 1 aromatic carbocycles. The minimum Gasteiger partial charge on any atom is -0.462 e. The van der Waals surface area contributed by atoms with Crippen molar-refractivity contribution >= 4 is 17.4 Å². The van der Waals surface area contributed by atoms with Gasteiger partial charge in [-0.1, -0.05) is 38.5 Å². The van der Waals surface area contributed by atoms with Crippen molar-refractivity contribution in [1.82, 2.24) is 0 Å². The van der Waals surface area contributed by atoms with E-state index in [4.69, 9.17) is 28.4 Å². The highest BCUT2D eigenvalue weighted by Crippen LogP contribution is 2.57. The summed E-state index contributed by atoms with van der Waals surface area (Å²) in [6.07, 6.45) is 4.68. The van der Waals surface area contributed by atoms with E-state index in [1.54, 1.807) is 21.3 Å². The zero-order valence-corrected chi connectivity index (χ0v) is 30.9. The molecule has 10 nitrogen and oxygen atoms in total. The molecule has 278 valence electrons. The molecule has 2 heterocycles. The molecule has 5 aliphatic rings.